The third-order valence-corrected chi connectivity index (χ3v) is 3.58. The van der Waals surface area contributed by atoms with Crippen molar-refractivity contribution in [2.75, 3.05) is 0 Å². The van der Waals surface area contributed by atoms with E-state index >= 15 is 0 Å². The molecule has 0 fully saturated rings. The van der Waals surface area contributed by atoms with Gasteiger partial charge in [0.2, 0.25) is 5.75 Å². The van der Waals surface area contributed by atoms with Crippen molar-refractivity contribution in [1.29, 1.82) is 5.26 Å². The molecule has 0 amide bonds. The fourth-order valence-electron chi connectivity index (χ4n) is 1.54. The molecule has 2 aromatic rings. The molecule has 0 aliphatic rings. The summed E-state index contributed by atoms with van der Waals surface area (Å²) in [6, 6.07) is 8.38. The summed E-state index contributed by atoms with van der Waals surface area (Å²) in [6.45, 7) is 0. The predicted molar refractivity (Wildman–Crippen MR) is 79.7 cm³/mol. The molecule has 8 heteroatoms. The first-order valence-electron chi connectivity index (χ1n) is 5.43. The summed E-state index contributed by atoms with van der Waals surface area (Å²) in [4.78, 5) is 10.3. The van der Waals surface area contributed by atoms with Gasteiger partial charge in [-0.15, -0.1) is 0 Å². The summed E-state index contributed by atoms with van der Waals surface area (Å²) >= 11 is 6.08. The van der Waals surface area contributed by atoms with Crippen LogP contribution in [0.5, 0.6) is 11.5 Å². The van der Waals surface area contributed by atoms with Crippen molar-refractivity contribution >= 4 is 37.5 Å². The highest BCUT2D eigenvalue weighted by Crippen LogP contribution is 2.36. The fourth-order valence-corrected chi connectivity index (χ4v) is 2.23. The number of nitrogens with zero attached hydrogens (tertiary/aromatic N) is 2. The van der Waals surface area contributed by atoms with Gasteiger partial charge in [-0.3, -0.25) is 10.1 Å². The summed E-state index contributed by atoms with van der Waals surface area (Å²) in [5, 5.41) is 20.0. The molecule has 0 spiro atoms. The lowest BCUT2D eigenvalue weighted by atomic mass is 10.2. The van der Waals surface area contributed by atoms with E-state index in [0.29, 0.717) is 4.47 Å². The minimum Gasteiger partial charge on any atom is -0.449 e. The Morgan fingerprint density at radius 2 is 1.95 bits per heavy atom. The Bertz CT molecular complexity index is 775. The Kier molecular flexibility index (Phi) is 4.55. The Morgan fingerprint density at radius 1 is 1.24 bits per heavy atom. The largest absolute Gasteiger partial charge is 0.449 e. The van der Waals surface area contributed by atoms with Crippen molar-refractivity contribution in [3.8, 4) is 17.6 Å². The third-order valence-electron chi connectivity index (χ3n) is 2.48. The molecular weight excluding hydrogens is 411 g/mol. The first-order valence-corrected chi connectivity index (χ1v) is 7.02. The lowest BCUT2D eigenvalue weighted by Crippen LogP contribution is -1.96. The van der Waals surface area contributed by atoms with E-state index in [-0.39, 0.29) is 21.5 Å². The number of hydrogen-bond donors (Lipinski definition) is 0. The Hall–Kier alpha value is -1.98. The monoisotopic (exact) mass is 414 g/mol. The molecule has 106 valence electrons. The molecule has 5 nitrogen and oxygen atoms in total. The first kappa shape index (κ1) is 15.4. The van der Waals surface area contributed by atoms with E-state index in [4.69, 9.17) is 10.00 Å². The highest BCUT2D eigenvalue weighted by Gasteiger charge is 2.20. The second-order valence-corrected chi connectivity index (χ2v) is 5.62. The molecule has 21 heavy (non-hydrogen) atoms. The molecule has 0 heterocycles. The lowest BCUT2D eigenvalue weighted by Gasteiger charge is -2.09. The van der Waals surface area contributed by atoms with Gasteiger partial charge in [0.15, 0.2) is 0 Å². The second-order valence-electron chi connectivity index (χ2n) is 3.85. The van der Waals surface area contributed by atoms with Crippen LogP contribution in [0.1, 0.15) is 5.56 Å². The minimum atomic E-state index is -0.703. The Balaban J connectivity index is 2.52. The van der Waals surface area contributed by atoms with Gasteiger partial charge in [0.05, 0.1) is 15.0 Å². The molecule has 0 unspecified atom stereocenters. The zero-order chi connectivity index (χ0) is 15.6. The standard InChI is InChI=1S/C13H5Br2FN2O3/c14-8-1-2-12(7(3-8)6-17)21-13-5-10(16)9(15)4-11(13)18(19)20/h1-5H. The van der Waals surface area contributed by atoms with Crippen molar-refractivity contribution in [1.82, 2.24) is 0 Å². The van der Waals surface area contributed by atoms with Crippen LogP contribution in [0.25, 0.3) is 0 Å². The fraction of sp³-hybridized carbons (Fsp3) is 0. The van der Waals surface area contributed by atoms with Crippen LogP contribution in [0, 0.1) is 27.3 Å². The summed E-state index contributed by atoms with van der Waals surface area (Å²) in [5.74, 6) is -0.878. The van der Waals surface area contributed by atoms with Crippen LogP contribution in [-0.4, -0.2) is 4.92 Å². The number of ether oxygens (including phenoxy) is 1. The molecule has 2 rings (SSSR count). The van der Waals surface area contributed by atoms with Crippen LogP contribution >= 0.6 is 31.9 Å². The maximum Gasteiger partial charge on any atom is 0.312 e. The van der Waals surface area contributed by atoms with Gasteiger partial charge in [0.25, 0.3) is 0 Å². The van der Waals surface area contributed by atoms with Crippen molar-refractivity contribution in [3.05, 3.63) is 60.8 Å². The van der Waals surface area contributed by atoms with Crippen molar-refractivity contribution in [2.45, 2.75) is 0 Å². The predicted octanol–water partition coefficient (Wildman–Crippen LogP) is 4.92. The summed E-state index contributed by atoms with van der Waals surface area (Å²) in [5.41, 5.74) is -0.239. The van der Waals surface area contributed by atoms with Crippen molar-refractivity contribution in [3.63, 3.8) is 0 Å². The SMILES string of the molecule is N#Cc1cc(Br)ccc1Oc1cc(F)c(Br)cc1[N+](=O)[O-]. The van der Waals surface area contributed by atoms with E-state index in [0.717, 1.165) is 12.1 Å². The summed E-state index contributed by atoms with van der Waals surface area (Å²) in [6.07, 6.45) is 0. The van der Waals surface area contributed by atoms with Crippen molar-refractivity contribution in [2.24, 2.45) is 0 Å². The lowest BCUT2D eigenvalue weighted by molar-refractivity contribution is -0.385. The number of halogens is 3. The van der Waals surface area contributed by atoms with Crippen LogP contribution in [0.4, 0.5) is 10.1 Å². The van der Waals surface area contributed by atoms with Crippen LogP contribution in [0.3, 0.4) is 0 Å². The van der Waals surface area contributed by atoms with Crippen LogP contribution in [0.2, 0.25) is 0 Å². The minimum absolute atomic E-state index is 0.0436. The van der Waals surface area contributed by atoms with Gasteiger partial charge >= 0.3 is 5.69 Å². The van der Waals surface area contributed by atoms with Gasteiger partial charge in [0, 0.05) is 16.6 Å². The van der Waals surface area contributed by atoms with Gasteiger partial charge < -0.3 is 4.74 Å². The Labute approximate surface area is 135 Å². The van der Waals surface area contributed by atoms with E-state index in [1.54, 1.807) is 6.07 Å². The zero-order valence-electron chi connectivity index (χ0n) is 10.1. The van der Waals surface area contributed by atoms with E-state index in [2.05, 4.69) is 31.9 Å². The molecule has 0 bridgehead atoms. The first-order chi connectivity index (χ1) is 9.92. The van der Waals surface area contributed by atoms with E-state index in [9.17, 15) is 14.5 Å². The third kappa shape index (κ3) is 3.37. The molecule has 2 aromatic carbocycles. The topological polar surface area (TPSA) is 76.2 Å². The zero-order valence-corrected chi connectivity index (χ0v) is 13.3. The molecular formula is C13H5Br2FN2O3. The van der Waals surface area contributed by atoms with Gasteiger partial charge in [-0.1, -0.05) is 15.9 Å². The number of rotatable bonds is 3. The quantitative estimate of drug-likeness (QED) is 0.526. The van der Waals surface area contributed by atoms with Gasteiger partial charge in [-0.2, -0.15) is 5.26 Å². The smallest absolute Gasteiger partial charge is 0.312 e. The molecule has 0 saturated carbocycles. The van der Waals surface area contributed by atoms with Gasteiger partial charge in [0.1, 0.15) is 17.6 Å². The van der Waals surface area contributed by atoms with Crippen LogP contribution in [-0.2, 0) is 0 Å². The van der Waals surface area contributed by atoms with Crippen LogP contribution in [0.15, 0.2) is 39.3 Å². The molecule has 0 atom stereocenters. The maximum absolute atomic E-state index is 13.5. The summed E-state index contributed by atoms with van der Waals surface area (Å²) < 4.78 is 19.5. The highest BCUT2D eigenvalue weighted by atomic mass is 79.9. The molecule has 0 N–H and O–H groups in total. The number of nitro groups is 1. The average molecular weight is 416 g/mol. The van der Waals surface area contributed by atoms with E-state index < -0.39 is 16.4 Å². The summed E-state index contributed by atoms with van der Waals surface area (Å²) in [7, 11) is 0. The van der Waals surface area contributed by atoms with Gasteiger partial charge in [-0.25, -0.2) is 4.39 Å². The molecule has 0 saturated heterocycles. The number of nitro benzene ring substituents is 1. The molecule has 0 radical (unpaired) electrons. The normalized spacial score (nSPS) is 10.0. The van der Waals surface area contributed by atoms with E-state index in [1.165, 1.54) is 12.1 Å². The second kappa shape index (κ2) is 6.20. The number of benzene rings is 2. The average Bonchev–Trinajstić information content (AvgIpc) is 2.44. The Morgan fingerprint density at radius 3 is 2.57 bits per heavy atom. The van der Waals surface area contributed by atoms with Crippen molar-refractivity contribution < 1.29 is 14.1 Å². The van der Waals surface area contributed by atoms with E-state index in [1.807, 2.05) is 6.07 Å². The molecule has 0 aromatic heterocycles. The van der Waals surface area contributed by atoms with Gasteiger partial charge in [-0.05, 0) is 34.1 Å². The highest BCUT2D eigenvalue weighted by molar-refractivity contribution is 9.10. The maximum atomic E-state index is 13.5. The van der Waals surface area contributed by atoms with Crippen LogP contribution < -0.4 is 4.74 Å². The number of nitriles is 1. The molecule has 0 aliphatic carbocycles. The number of hydrogen-bond acceptors (Lipinski definition) is 4. The molecule has 0 aliphatic heterocycles.